The van der Waals surface area contributed by atoms with Crippen molar-refractivity contribution in [2.45, 2.75) is 0 Å². The van der Waals surface area contributed by atoms with Gasteiger partial charge in [0.25, 0.3) is 0 Å². The fourth-order valence-electron chi connectivity index (χ4n) is 1.29. The van der Waals surface area contributed by atoms with Crippen molar-refractivity contribution in [1.29, 1.82) is 0 Å². The molecular formula is C12H8BrFN2OS. The minimum absolute atomic E-state index is 0.251. The number of thiocarbonyl (C=S) groups is 1. The summed E-state index contributed by atoms with van der Waals surface area (Å²) in [4.78, 5) is 4.26. The van der Waals surface area contributed by atoms with Gasteiger partial charge in [0.2, 0.25) is 5.88 Å². The van der Waals surface area contributed by atoms with Crippen LogP contribution in [0.15, 0.2) is 41.0 Å². The molecule has 92 valence electrons. The van der Waals surface area contributed by atoms with Gasteiger partial charge in [-0.2, -0.15) is 0 Å². The summed E-state index contributed by atoms with van der Waals surface area (Å²) in [6.45, 7) is 0. The average Bonchev–Trinajstić information content (AvgIpc) is 2.34. The van der Waals surface area contributed by atoms with Crippen LogP contribution in [0.2, 0.25) is 0 Å². The molecule has 6 heteroatoms. The van der Waals surface area contributed by atoms with Crippen molar-refractivity contribution in [3.8, 4) is 11.6 Å². The predicted octanol–water partition coefficient (Wildman–Crippen LogP) is 3.41. The van der Waals surface area contributed by atoms with Crippen molar-refractivity contribution in [2.24, 2.45) is 5.73 Å². The van der Waals surface area contributed by atoms with Crippen molar-refractivity contribution in [3.63, 3.8) is 0 Å². The average molecular weight is 327 g/mol. The molecule has 1 aromatic heterocycles. The second-order valence-electron chi connectivity index (χ2n) is 3.42. The van der Waals surface area contributed by atoms with Gasteiger partial charge in [-0.3, -0.25) is 0 Å². The van der Waals surface area contributed by atoms with E-state index in [0.717, 1.165) is 0 Å². The molecule has 0 radical (unpaired) electrons. The molecule has 3 nitrogen and oxygen atoms in total. The van der Waals surface area contributed by atoms with Crippen LogP contribution < -0.4 is 10.5 Å². The second-order valence-corrected chi connectivity index (χ2v) is 4.72. The van der Waals surface area contributed by atoms with Crippen molar-refractivity contribution in [1.82, 2.24) is 4.98 Å². The summed E-state index contributed by atoms with van der Waals surface area (Å²) >= 11 is 8.12. The van der Waals surface area contributed by atoms with Crippen LogP contribution in [0.4, 0.5) is 4.39 Å². The molecular weight excluding hydrogens is 319 g/mol. The van der Waals surface area contributed by atoms with Crippen LogP contribution >= 0.6 is 28.1 Å². The minimum atomic E-state index is -0.390. The third kappa shape index (κ3) is 3.02. The van der Waals surface area contributed by atoms with E-state index in [1.54, 1.807) is 18.2 Å². The smallest absolute Gasteiger partial charge is 0.219 e. The zero-order valence-corrected chi connectivity index (χ0v) is 11.5. The van der Waals surface area contributed by atoms with Gasteiger partial charge in [0.15, 0.2) is 0 Å². The molecule has 2 aromatic rings. The zero-order valence-electron chi connectivity index (χ0n) is 9.06. The highest BCUT2D eigenvalue weighted by Crippen LogP contribution is 2.29. The number of rotatable bonds is 3. The van der Waals surface area contributed by atoms with Gasteiger partial charge in [0.05, 0.1) is 4.47 Å². The van der Waals surface area contributed by atoms with Crippen LogP contribution in [0.1, 0.15) is 5.56 Å². The summed E-state index contributed by atoms with van der Waals surface area (Å²) in [5, 5.41) is 0. The van der Waals surface area contributed by atoms with Gasteiger partial charge in [-0.05, 0) is 34.1 Å². The zero-order chi connectivity index (χ0) is 13.1. The van der Waals surface area contributed by atoms with Gasteiger partial charge < -0.3 is 10.5 Å². The third-order valence-corrected chi connectivity index (χ3v) is 3.02. The van der Waals surface area contributed by atoms with E-state index in [4.69, 9.17) is 22.7 Å². The highest BCUT2D eigenvalue weighted by molar-refractivity contribution is 9.10. The Bertz CT molecular complexity index is 606. The number of benzene rings is 1. The molecule has 0 saturated carbocycles. The third-order valence-electron chi connectivity index (χ3n) is 2.13. The molecule has 18 heavy (non-hydrogen) atoms. The van der Waals surface area contributed by atoms with E-state index in [2.05, 4.69) is 20.9 Å². The molecule has 0 aliphatic carbocycles. The van der Waals surface area contributed by atoms with E-state index in [1.807, 2.05) is 0 Å². The summed E-state index contributed by atoms with van der Waals surface area (Å²) in [7, 11) is 0. The summed E-state index contributed by atoms with van der Waals surface area (Å²) in [6.07, 6.45) is 1.52. The molecule has 0 aliphatic rings. The van der Waals surface area contributed by atoms with E-state index in [9.17, 15) is 4.39 Å². The Hall–Kier alpha value is -1.53. The fraction of sp³-hybridized carbons (Fsp3) is 0. The van der Waals surface area contributed by atoms with Crippen molar-refractivity contribution in [3.05, 3.63) is 52.4 Å². The van der Waals surface area contributed by atoms with Crippen LogP contribution in [0.3, 0.4) is 0 Å². The Kier molecular flexibility index (Phi) is 3.88. The first kappa shape index (κ1) is 12.9. The fourth-order valence-corrected chi connectivity index (χ4v) is 1.74. The van der Waals surface area contributed by atoms with Crippen molar-refractivity contribution >= 4 is 33.1 Å². The SMILES string of the molecule is NC(=S)c1ccnc(Oc2cc(F)ccc2Br)c1. The van der Waals surface area contributed by atoms with Crippen LogP contribution in [0.5, 0.6) is 11.6 Å². The van der Waals surface area contributed by atoms with E-state index < -0.39 is 5.82 Å². The molecule has 1 heterocycles. The van der Waals surface area contributed by atoms with E-state index in [1.165, 1.54) is 18.3 Å². The lowest BCUT2D eigenvalue weighted by Crippen LogP contribution is -2.09. The van der Waals surface area contributed by atoms with E-state index in [0.29, 0.717) is 21.7 Å². The quantitative estimate of drug-likeness (QED) is 0.878. The number of hydrogen-bond donors (Lipinski definition) is 1. The van der Waals surface area contributed by atoms with Gasteiger partial charge in [-0.15, -0.1) is 0 Å². The number of pyridine rings is 1. The Morgan fingerprint density at radius 1 is 1.33 bits per heavy atom. The summed E-state index contributed by atoms with van der Waals surface area (Å²) in [5.74, 6) is 0.243. The maximum atomic E-state index is 13.1. The lowest BCUT2D eigenvalue weighted by Gasteiger charge is -2.07. The van der Waals surface area contributed by atoms with Gasteiger partial charge in [0, 0.05) is 23.9 Å². The Balaban J connectivity index is 2.31. The van der Waals surface area contributed by atoms with E-state index >= 15 is 0 Å². The molecule has 0 fully saturated rings. The van der Waals surface area contributed by atoms with E-state index in [-0.39, 0.29) is 4.99 Å². The summed E-state index contributed by atoms with van der Waals surface area (Å²) in [6, 6.07) is 7.42. The number of hydrogen-bond acceptors (Lipinski definition) is 3. The highest BCUT2D eigenvalue weighted by Gasteiger charge is 2.06. The van der Waals surface area contributed by atoms with Crippen LogP contribution in [0.25, 0.3) is 0 Å². The Morgan fingerprint density at radius 3 is 2.83 bits per heavy atom. The standard InChI is InChI=1S/C12H8BrFN2OS/c13-9-2-1-8(14)6-10(9)17-11-5-7(12(15)18)3-4-16-11/h1-6H,(H2,15,18). The topological polar surface area (TPSA) is 48.1 Å². The van der Waals surface area contributed by atoms with Crippen LogP contribution in [0, 0.1) is 5.82 Å². The monoisotopic (exact) mass is 326 g/mol. The maximum absolute atomic E-state index is 13.1. The van der Waals surface area contributed by atoms with Crippen LogP contribution in [-0.4, -0.2) is 9.97 Å². The molecule has 0 spiro atoms. The number of halogens is 2. The minimum Gasteiger partial charge on any atom is -0.438 e. The lowest BCUT2D eigenvalue weighted by molar-refractivity contribution is 0.455. The van der Waals surface area contributed by atoms with Crippen molar-refractivity contribution in [2.75, 3.05) is 0 Å². The second kappa shape index (κ2) is 5.41. The molecule has 0 amide bonds. The van der Waals surface area contributed by atoms with Crippen LogP contribution in [-0.2, 0) is 0 Å². The number of nitrogens with two attached hydrogens (primary N) is 1. The largest absolute Gasteiger partial charge is 0.438 e. The summed E-state index contributed by atoms with van der Waals surface area (Å²) in [5.41, 5.74) is 6.15. The molecule has 0 aliphatic heterocycles. The number of nitrogens with zero attached hydrogens (tertiary/aromatic N) is 1. The molecule has 1 aromatic carbocycles. The predicted molar refractivity (Wildman–Crippen MR) is 74.3 cm³/mol. The molecule has 2 rings (SSSR count). The normalized spacial score (nSPS) is 10.1. The lowest BCUT2D eigenvalue weighted by atomic mass is 10.3. The first-order valence-electron chi connectivity index (χ1n) is 4.95. The number of aromatic nitrogens is 1. The van der Waals surface area contributed by atoms with Gasteiger partial charge in [-0.25, -0.2) is 9.37 Å². The number of ether oxygens (including phenoxy) is 1. The Labute approximate surface area is 117 Å². The first-order valence-corrected chi connectivity index (χ1v) is 6.15. The van der Waals surface area contributed by atoms with Gasteiger partial charge in [-0.1, -0.05) is 12.2 Å². The van der Waals surface area contributed by atoms with Crippen molar-refractivity contribution < 1.29 is 9.13 Å². The van der Waals surface area contributed by atoms with Gasteiger partial charge >= 0.3 is 0 Å². The first-order chi connectivity index (χ1) is 8.56. The Morgan fingerprint density at radius 2 is 2.11 bits per heavy atom. The molecule has 0 bridgehead atoms. The summed E-state index contributed by atoms with van der Waals surface area (Å²) < 4.78 is 19.2. The van der Waals surface area contributed by atoms with Gasteiger partial charge in [0.1, 0.15) is 16.6 Å². The molecule has 0 unspecified atom stereocenters. The molecule has 0 atom stereocenters. The highest BCUT2D eigenvalue weighted by atomic mass is 79.9. The molecule has 0 saturated heterocycles. The maximum Gasteiger partial charge on any atom is 0.219 e. The molecule has 2 N–H and O–H groups in total.